The second kappa shape index (κ2) is 5.72. The van der Waals surface area contributed by atoms with Crippen LogP contribution in [0.4, 0.5) is 8.78 Å². The van der Waals surface area contributed by atoms with Gasteiger partial charge in [0, 0.05) is 24.2 Å². The third-order valence-electron chi connectivity index (χ3n) is 3.69. The molecule has 23 heavy (non-hydrogen) atoms. The summed E-state index contributed by atoms with van der Waals surface area (Å²) in [4.78, 5) is 11.6. The first-order valence-corrected chi connectivity index (χ1v) is 6.90. The summed E-state index contributed by atoms with van der Waals surface area (Å²) in [5.41, 5.74) is 7.07. The molecule has 0 fully saturated rings. The average Bonchev–Trinajstić information content (AvgIpc) is 2.89. The maximum absolute atomic E-state index is 13.4. The van der Waals surface area contributed by atoms with E-state index in [-0.39, 0.29) is 6.54 Å². The average molecular weight is 316 g/mol. The number of nitrogens with zero attached hydrogens (tertiary/aromatic N) is 1. The Bertz CT molecular complexity index is 903. The molecule has 0 aliphatic carbocycles. The number of ether oxygens (including phenoxy) is 1. The second-order valence-corrected chi connectivity index (χ2v) is 5.17. The highest BCUT2D eigenvalue weighted by Crippen LogP contribution is 2.26. The SMILES string of the molecule is COc1ccc2c(C(N)=O)cn(Cc3ccc(F)c(F)c3)c2c1. The van der Waals surface area contributed by atoms with Crippen LogP contribution in [0.5, 0.6) is 5.75 Å². The molecule has 0 aliphatic heterocycles. The molecule has 0 bridgehead atoms. The molecule has 1 aromatic heterocycles. The number of benzene rings is 2. The van der Waals surface area contributed by atoms with Crippen LogP contribution in [-0.4, -0.2) is 17.6 Å². The molecule has 1 heterocycles. The molecule has 0 aliphatic rings. The zero-order chi connectivity index (χ0) is 16.6. The number of hydrogen-bond donors (Lipinski definition) is 1. The monoisotopic (exact) mass is 316 g/mol. The van der Waals surface area contributed by atoms with Crippen LogP contribution in [0.25, 0.3) is 10.9 Å². The van der Waals surface area contributed by atoms with Crippen LogP contribution in [0.3, 0.4) is 0 Å². The number of hydrogen-bond acceptors (Lipinski definition) is 2. The summed E-state index contributed by atoms with van der Waals surface area (Å²) in [6.45, 7) is 0.272. The van der Waals surface area contributed by atoms with Gasteiger partial charge in [-0.15, -0.1) is 0 Å². The molecule has 0 saturated carbocycles. The third-order valence-corrected chi connectivity index (χ3v) is 3.69. The molecule has 2 aromatic carbocycles. The van der Waals surface area contributed by atoms with Gasteiger partial charge in [-0.2, -0.15) is 0 Å². The van der Waals surface area contributed by atoms with Crippen molar-refractivity contribution in [3.63, 3.8) is 0 Å². The zero-order valence-corrected chi connectivity index (χ0v) is 12.3. The van der Waals surface area contributed by atoms with Crippen LogP contribution < -0.4 is 10.5 Å². The fourth-order valence-electron chi connectivity index (χ4n) is 2.56. The molecule has 1 amide bonds. The first-order valence-electron chi connectivity index (χ1n) is 6.90. The van der Waals surface area contributed by atoms with Crippen molar-refractivity contribution in [2.45, 2.75) is 6.54 Å². The Labute approximate surface area is 131 Å². The van der Waals surface area contributed by atoms with Crippen molar-refractivity contribution in [2.24, 2.45) is 5.73 Å². The lowest BCUT2D eigenvalue weighted by Gasteiger charge is -2.07. The summed E-state index contributed by atoms with van der Waals surface area (Å²) >= 11 is 0. The summed E-state index contributed by atoms with van der Waals surface area (Å²) in [7, 11) is 1.54. The molecule has 6 heteroatoms. The number of halogens is 2. The van der Waals surface area contributed by atoms with Gasteiger partial charge in [0.2, 0.25) is 0 Å². The number of carbonyl (C=O) groups excluding carboxylic acids is 1. The highest BCUT2D eigenvalue weighted by atomic mass is 19.2. The lowest BCUT2D eigenvalue weighted by Crippen LogP contribution is -2.10. The predicted molar refractivity (Wildman–Crippen MR) is 82.5 cm³/mol. The van der Waals surface area contributed by atoms with Crippen LogP contribution >= 0.6 is 0 Å². The zero-order valence-electron chi connectivity index (χ0n) is 12.3. The van der Waals surface area contributed by atoms with E-state index in [9.17, 15) is 13.6 Å². The molecule has 0 radical (unpaired) electrons. The van der Waals surface area contributed by atoms with Gasteiger partial charge in [0.05, 0.1) is 18.2 Å². The number of methoxy groups -OCH3 is 1. The largest absolute Gasteiger partial charge is 0.497 e. The molecule has 118 valence electrons. The Hall–Kier alpha value is -2.89. The van der Waals surface area contributed by atoms with Crippen LogP contribution in [-0.2, 0) is 6.54 Å². The van der Waals surface area contributed by atoms with E-state index in [2.05, 4.69) is 0 Å². The van der Waals surface area contributed by atoms with Gasteiger partial charge in [-0.05, 0) is 29.8 Å². The minimum absolute atomic E-state index is 0.272. The molecule has 3 rings (SSSR count). The lowest BCUT2D eigenvalue weighted by molar-refractivity contribution is 0.100. The fourth-order valence-corrected chi connectivity index (χ4v) is 2.56. The minimum Gasteiger partial charge on any atom is -0.497 e. The molecular weight excluding hydrogens is 302 g/mol. The quantitative estimate of drug-likeness (QED) is 0.804. The van der Waals surface area contributed by atoms with Crippen molar-refractivity contribution in [1.29, 1.82) is 0 Å². The lowest BCUT2D eigenvalue weighted by atomic mass is 10.1. The summed E-state index contributed by atoms with van der Waals surface area (Å²) in [5.74, 6) is -1.74. The maximum Gasteiger partial charge on any atom is 0.250 e. The van der Waals surface area contributed by atoms with Crippen LogP contribution in [0.1, 0.15) is 15.9 Å². The Morgan fingerprint density at radius 2 is 1.96 bits per heavy atom. The normalized spacial score (nSPS) is 10.9. The standard InChI is InChI=1S/C17H14F2N2O2/c1-23-11-3-4-12-13(17(20)22)9-21(16(12)7-11)8-10-2-5-14(18)15(19)6-10/h2-7,9H,8H2,1H3,(H2,20,22). The number of nitrogens with two attached hydrogens (primary N) is 1. The van der Waals surface area contributed by atoms with Gasteiger partial charge in [0.1, 0.15) is 5.75 Å². The van der Waals surface area contributed by atoms with Crippen LogP contribution in [0.15, 0.2) is 42.6 Å². The highest BCUT2D eigenvalue weighted by molar-refractivity contribution is 6.06. The van der Waals surface area contributed by atoms with Crippen molar-refractivity contribution in [3.8, 4) is 5.75 Å². The van der Waals surface area contributed by atoms with E-state index in [0.717, 1.165) is 17.6 Å². The number of aromatic nitrogens is 1. The molecule has 0 atom stereocenters. The summed E-state index contributed by atoms with van der Waals surface area (Å²) < 4.78 is 33.4. The maximum atomic E-state index is 13.4. The molecule has 4 nitrogen and oxygen atoms in total. The van der Waals surface area contributed by atoms with E-state index >= 15 is 0 Å². The minimum atomic E-state index is -0.910. The van der Waals surface area contributed by atoms with Crippen molar-refractivity contribution in [3.05, 3.63) is 65.4 Å². The van der Waals surface area contributed by atoms with Gasteiger partial charge in [-0.1, -0.05) is 6.07 Å². The van der Waals surface area contributed by atoms with Crippen molar-refractivity contribution >= 4 is 16.8 Å². The Balaban J connectivity index is 2.11. The van der Waals surface area contributed by atoms with Gasteiger partial charge in [-0.3, -0.25) is 4.79 Å². The molecule has 3 aromatic rings. The number of primary amides is 1. The second-order valence-electron chi connectivity index (χ2n) is 5.17. The van der Waals surface area contributed by atoms with Crippen molar-refractivity contribution < 1.29 is 18.3 Å². The smallest absolute Gasteiger partial charge is 0.250 e. The van der Waals surface area contributed by atoms with E-state index < -0.39 is 17.5 Å². The van der Waals surface area contributed by atoms with E-state index in [4.69, 9.17) is 10.5 Å². The Kier molecular flexibility index (Phi) is 3.73. The fraction of sp³-hybridized carbons (Fsp3) is 0.118. The van der Waals surface area contributed by atoms with Gasteiger partial charge in [0.25, 0.3) is 5.91 Å². The Morgan fingerprint density at radius 3 is 2.61 bits per heavy atom. The number of rotatable bonds is 4. The highest BCUT2D eigenvalue weighted by Gasteiger charge is 2.14. The first kappa shape index (κ1) is 15.0. The van der Waals surface area contributed by atoms with Gasteiger partial charge in [-0.25, -0.2) is 8.78 Å². The van der Waals surface area contributed by atoms with E-state index in [1.807, 2.05) is 0 Å². The topological polar surface area (TPSA) is 57.2 Å². The molecule has 0 spiro atoms. The van der Waals surface area contributed by atoms with E-state index in [1.54, 1.807) is 36.1 Å². The van der Waals surface area contributed by atoms with Gasteiger partial charge >= 0.3 is 0 Å². The van der Waals surface area contributed by atoms with Crippen LogP contribution in [0, 0.1) is 11.6 Å². The number of amides is 1. The third kappa shape index (κ3) is 2.75. The number of fused-ring (bicyclic) bond motifs is 1. The van der Waals surface area contributed by atoms with Gasteiger partial charge < -0.3 is 15.0 Å². The summed E-state index contributed by atoms with van der Waals surface area (Å²) in [5, 5.41) is 0.681. The summed E-state index contributed by atoms with van der Waals surface area (Å²) in [6, 6.07) is 8.94. The van der Waals surface area contributed by atoms with Gasteiger partial charge in [0.15, 0.2) is 11.6 Å². The predicted octanol–water partition coefficient (Wildman–Crippen LogP) is 3.08. The van der Waals surface area contributed by atoms with Crippen molar-refractivity contribution in [2.75, 3.05) is 7.11 Å². The Morgan fingerprint density at radius 1 is 1.17 bits per heavy atom. The first-order chi connectivity index (χ1) is 11.0. The number of carbonyl (C=O) groups is 1. The van der Waals surface area contributed by atoms with Crippen molar-refractivity contribution in [1.82, 2.24) is 4.57 Å². The molecule has 0 unspecified atom stereocenters. The summed E-state index contributed by atoms with van der Waals surface area (Å²) in [6.07, 6.45) is 1.60. The molecular formula is C17H14F2N2O2. The van der Waals surface area contributed by atoms with E-state index in [1.165, 1.54) is 6.07 Å². The van der Waals surface area contributed by atoms with Crippen LogP contribution in [0.2, 0.25) is 0 Å². The molecule has 2 N–H and O–H groups in total. The van der Waals surface area contributed by atoms with E-state index in [0.29, 0.717) is 22.3 Å². The molecule has 0 saturated heterocycles.